The van der Waals surface area contributed by atoms with Gasteiger partial charge >= 0.3 is 5.69 Å². The Morgan fingerprint density at radius 3 is 2.70 bits per heavy atom. The number of hydrogen-bond donors (Lipinski definition) is 1. The molecule has 106 valence electrons. The molecule has 2 aromatic rings. The van der Waals surface area contributed by atoms with Gasteiger partial charge in [0, 0.05) is 17.0 Å². The number of aromatic nitrogens is 2. The Balaban J connectivity index is 2.35. The maximum absolute atomic E-state index is 13.6. The fraction of sp³-hybridized carbons (Fsp3) is 0.286. The highest BCUT2D eigenvalue weighted by Gasteiger charge is 2.17. The first-order chi connectivity index (χ1) is 9.40. The Morgan fingerprint density at radius 2 is 2.05 bits per heavy atom. The molecule has 1 aromatic carbocycles. The van der Waals surface area contributed by atoms with E-state index in [1.165, 1.54) is 16.7 Å². The van der Waals surface area contributed by atoms with Crippen LogP contribution in [0.3, 0.4) is 0 Å². The third-order valence-corrected chi connectivity index (χ3v) is 3.04. The number of aryl methyl sites for hydroxylation is 2. The van der Waals surface area contributed by atoms with E-state index in [0.717, 1.165) is 6.07 Å². The zero-order valence-corrected chi connectivity index (χ0v) is 11.1. The minimum Gasteiger partial charge on any atom is -0.386 e. The molecule has 0 bridgehead atoms. The van der Waals surface area contributed by atoms with Crippen LogP contribution in [0.15, 0.2) is 29.1 Å². The van der Waals surface area contributed by atoms with Gasteiger partial charge in [-0.3, -0.25) is 4.57 Å². The van der Waals surface area contributed by atoms with E-state index in [4.69, 9.17) is 0 Å². The minimum absolute atomic E-state index is 0.182. The van der Waals surface area contributed by atoms with Crippen LogP contribution in [0.4, 0.5) is 8.78 Å². The van der Waals surface area contributed by atoms with Gasteiger partial charge < -0.3 is 5.11 Å². The first kappa shape index (κ1) is 14.3. The molecule has 1 aromatic heterocycles. The Hall–Kier alpha value is -2.08. The highest BCUT2D eigenvalue weighted by Crippen LogP contribution is 2.20. The van der Waals surface area contributed by atoms with E-state index in [0.29, 0.717) is 11.4 Å². The predicted octanol–water partition coefficient (Wildman–Crippen LogP) is 1.87. The first-order valence-electron chi connectivity index (χ1n) is 6.07. The maximum atomic E-state index is 13.6. The van der Waals surface area contributed by atoms with Gasteiger partial charge in [0.15, 0.2) is 11.6 Å². The van der Waals surface area contributed by atoms with Crippen LogP contribution in [0, 0.1) is 25.5 Å². The van der Waals surface area contributed by atoms with Gasteiger partial charge in [0.1, 0.15) is 0 Å². The Morgan fingerprint density at radius 1 is 1.35 bits per heavy atom. The van der Waals surface area contributed by atoms with Crippen molar-refractivity contribution in [2.24, 2.45) is 0 Å². The van der Waals surface area contributed by atoms with E-state index in [2.05, 4.69) is 4.98 Å². The Kier molecular flexibility index (Phi) is 3.94. The molecule has 20 heavy (non-hydrogen) atoms. The zero-order chi connectivity index (χ0) is 14.9. The van der Waals surface area contributed by atoms with Crippen molar-refractivity contribution < 1.29 is 13.9 Å². The topological polar surface area (TPSA) is 55.1 Å². The van der Waals surface area contributed by atoms with Crippen LogP contribution in [-0.4, -0.2) is 14.7 Å². The Labute approximate surface area is 114 Å². The van der Waals surface area contributed by atoms with Crippen molar-refractivity contribution in [1.29, 1.82) is 0 Å². The highest BCUT2D eigenvalue weighted by atomic mass is 19.2. The van der Waals surface area contributed by atoms with Crippen LogP contribution in [0.5, 0.6) is 0 Å². The number of aliphatic hydroxyl groups is 1. The van der Waals surface area contributed by atoms with Crippen molar-refractivity contribution in [3.63, 3.8) is 0 Å². The Bertz CT molecular complexity index is 698. The van der Waals surface area contributed by atoms with Crippen LogP contribution in [0.25, 0.3) is 0 Å². The molecule has 1 atom stereocenters. The number of halogens is 2. The molecular formula is C14H14F2N2O2. The fourth-order valence-electron chi connectivity index (χ4n) is 2.05. The van der Waals surface area contributed by atoms with Crippen LogP contribution in [-0.2, 0) is 6.54 Å². The number of nitrogens with zero attached hydrogens (tertiary/aromatic N) is 2. The number of aliphatic hydroxyl groups excluding tert-OH is 1. The molecule has 4 nitrogen and oxygen atoms in total. The molecule has 0 aliphatic heterocycles. The van der Waals surface area contributed by atoms with E-state index < -0.39 is 23.4 Å². The second-order valence-electron chi connectivity index (χ2n) is 4.59. The van der Waals surface area contributed by atoms with E-state index >= 15 is 0 Å². The first-order valence-corrected chi connectivity index (χ1v) is 6.07. The van der Waals surface area contributed by atoms with E-state index in [-0.39, 0.29) is 12.1 Å². The number of benzene rings is 1. The van der Waals surface area contributed by atoms with Crippen LogP contribution in [0.1, 0.15) is 23.1 Å². The largest absolute Gasteiger partial charge is 0.386 e. The summed E-state index contributed by atoms with van der Waals surface area (Å²) in [5.41, 5.74) is 0.448. The molecule has 2 rings (SSSR count). The van der Waals surface area contributed by atoms with Crippen molar-refractivity contribution in [2.75, 3.05) is 0 Å². The summed E-state index contributed by atoms with van der Waals surface area (Å²) < 4.78 is 27.9. The van der Waals surface area contributed by atoms with Crippen molar-refractivity contribution in [1.82, 2.24) is 9.55 Å². The predicted molar refractivity (Wildman–Crippen MR) is 69.3 cm³/mol. The fourth-order valence-corrected chi connectivity index (χ4v) is 2.05. The average molecular weight is 280 g/mol. The van der Waals surface area contributed by atoms with Gasteiger partial charge in [0.05, 0.1) is 12.6 Å². The molecule has 0 aliphatic carbocycles. The van der Waals surface area contributed by atoms with Crippen molar-refractivity contribution in [2.45, 2.75) is 26.5 Å². The molecule has 1 unspecified atom stereocenters. The second kappa shape index (κ2) is 5.50. The quantitative estimate of drug-likeness (QED) is 0.934. The van der Waals surface area contributed by atoms with Gasteiger partial charge in [-0.25, -0.2) is 13.6 Å². The standard InChI is InChI=1S/C14H14F2N2O2/c1-8-6-9(2)18(14(20)17-8)7-12(19)10-4-3-5-11(15)13(10)16/h3-6,12,19H,7H2,1-2H3. The summed E-state index contributed by atoms with van der Waals surface area (Å²) in [6.07, 6.45) is -1.33. The summed E-state index contributed by atoms with van der Waals surface area (Å²) in [4.78, 5) is 15.5. The molecule has 0 aliphatic rings. The summed E-state index contributed by atoms with van der Waals surface area (Å²) in [6.45, 7) is 3.18. The lowest BCUT2D eigenvalue weighted by molar-refractivity contribution is 0.148. The zero-order valence-electron chi connectivity index (χ0n) is 11.1. The second-order valence-corrected chi connectivity index (χ2v) is 4.59. The van der Waals surface area contributed by atoms with E-state index in [9.17, 15) is 18.7 Å². The summed E-state index contributed by atoms with van der Waals surface area (Å²) >= 11 is 0. The molecule has 0 saturated carbocycles. The molecule has 0 fully saturated rings. The lowest BCUT2D eigenvalue weighted by Gasteiger charge is -2.15. The maximum Gasteiger partial charge on any atom is 0.348 e. The lowest BCUT2D eigenvalue weighted by atomic mass is 10.1. The van der Waals surface area contributed by atoms with E-state index in [1.54, 1.807) is 19.9 Å². The van der Waals surface area contributed by atoms with E-state index in [1.807, 2.05) is 0 Å². The molecule has 0 saturated heterocycles. The number of rotatable bonds is 3. The summed E-state index contributed by atoms with van der Waals surface area (Å²) in [7, 11) is 0. The SMILES string of the molecule is Cc1cc(C)n(CC(O)c2cccc(F)c2F)c(=O)n1. The lowest BCUT2D eigenvalue weighted by Crippen LogP contribution is -2.28. The summed E-state index contributed by atoms with van der Waals surface area (Å²) in [5, 5.41) is 10.0. The molecule has 6 heteroatoms. The molecule has 1 heterocycles. The van der Waals surface area contributed by atoms with Crippen molar-refractivity contribution in [3.05, 3.63) is 63.3 Å². The average Bonchev–Trinajstić information content (AvgIpc) is 2.36. The highest BCUT2D eigenvalue weighted by molar-refractivity contribution is 5.21. The van der Waals surface area contributed by atoms with Gasteiger partial charge in [0.2, 0.25) is 0 Å². The summed E-state index contributed by atoms with van der Waals surface area (Å²) in [6, 6.07) is 5.23. The van der Waals surface area contributed by atoms with Crippen LogP contribution in [0.2, 0.25) is 0 Å². The molecule has 0 spiro atoms. The molecule has 0 amide bonds. The smallest absolute Gasteiger partial charge is 0.348 e. The van der Waals surface area contributed by atoms with Crippen molar-refractivity contribution >= 4 is 0 Å². The monoisotopic (exact) mass is 280 g/mol. The third kappa shape index (κ3) is 2.75. The number of hydrogen-bond acceptors (Lipinski definition) is 3. The van der Waals surface area contributed by atoms with Gasteiger partial charge in [-0.15, -0.1) is 0 Å². The van der Waals surface area contributed by atoms with Crippen LogP contribution >= 0.6 is 0 Å². The van der Waals surface area contributed by atoms with Gasteiger partial charge in [0.25, 0.3) is 0 Å². The van der Waals surface area contributed by atoms with Crippen molar-refractivity contribution in [3.8, 4) is 0 Å². The van der Waals surface area contributed by atoms with Gasteiger partial charge in [-0.2, -0.15) is 4.98 Å². The van der Waals surface area contributed by atoms with Gasteiger partial charge in [-0.05, 0) is 26.0 Å². The normalized spacial score (nSPS) is 12.4. The summed E-state index contributed by atoms with van der Waals surface area (Å²) in [5.74, 6) is -2.14. The third-order valence-electron chi connectivity index (χ3n) is 3.04. The minimum atomic E-state index is -1.33. The molecule has 1 N–H and O–H groups in total. The molecular weight excluding hydrogens is 266 g/mol. The van der Waals surface area contributed by atoms with Gasteiger partial charge in [-0.1, -0.05) is 12.1 Å². The molecule has 0 radical (unpaired) electrons. The van der Waals surface area contributed by atoms with Crippen LogP contribution < -0.4 is 5.69 Å².